The van der Waals surface area contributed by atoms with Gasteiger partial charge in [-0.2, -0.15) is 0 Å². The van der Waals surface area contributed by atoms with Gasteiger partial charge in [-0.05, 0) is 35.7 Å². The highest BCUT2D eigenvalue weighted by atomic mass is 35.5. The number of aromatic nitrogens is 1. The molecular weight excluding hydrogens is 509 g/mol. The number of hydrogen-bond donors (Lipinski definition) is 1. The summed E-state index contributed by atoms with van der Waals surface area (Å²) in [6, 6.07) is 11.4. The van der Waals surface area contributed by atoms with Crippen molar-refractivity contribution >= 4 is 46.5 Å². The van der Waals surface area contributed by atoms with E-state index in [4.69, 9.17) is 9.47 Å². The van der Waals surface area contributed by atoms with Gasteiger partial charge in [-0.25, -0.2) is 0 Å². The van der Waals surface area contributed by atoms with Gasteiger partial charge >= 0.3 is 0 Å². The van der Waals surface area contributed by atoms with Crippen molar-refractivity contribution in [3.63, 3.8) is 0 Å². The van der Waals surface area contributed by atoms with Gasteiger partial charge in [-0.3, -0.25) is 14.6 Å². The first-order valence-electron chi connectivity index (χ1n) is 11.8. The second kappa shape index (κ2) is 16.7. The Bertz CT molecular complexity index is 1220. The van der Waals surface area contributed by atoms with Gasteiger partial charge in [0, 0.05) is 50.7 Å². The van der Waals surface area contributed by atoms with E-state index in [9.17, 15) is 4.79 Å². The first-order chi connectivity index (χ1) is 17.1. The summed E-state index contributed by atoms with van der Waals surface area (Å²) in [4.78, 5) is 20.2. The van der Waals surface area contributed by atoms with Crippen molar-refractivity contribution < 1.29 is 9.47 Å². The van der Waals surface area contributed by atoms with Crippen LogP contribution in [0.1, 0.15) is 0 Å². The Hall–Kier alpha value is -3.03. The molecule has 0 atom stereocenters. The normalized spacial score (nSPS) is 10.5. The van der Waals surface area contributed by atoms with Crippen molar-refractivity contribution in [1.82, 2.24) is 14.8 Å². The smallest absolute Gasteiger partial charge is 0.256 e. The molecule has 3 aromatic rings. The summed E-state index contributed by atoms with van der Waals surface area (Å²) in [6.45, 7) is 20.8. The van der Waals surface area contributed by atoms with Gasteiger partial charge in [0.15, 0.2) is 0 Å². The van der Waals surface area contributed by atoms with Gasteiger partial charge < -0.3 is 14.5 Å². The molecule has 1 N–H and O–H groups in total. The molecule has 0 radical (unpaired) electrons. The molecule has 0 aliphatic rings. The largest absolute Gasteiger partial charge is 0.492 e. The summed E-state index contributed by atoms with van der Waals surface area (Å²) in [5, 5.41) is 2.44. The molecule has 2 aromatic carbocycles. The highest BCUT2D eigenvalue weighted by Gasteiger charge is 2.09. The quantitative estimate of drug-likeness (QED) is 0.187. The lowest BCUT2D eigenvalue weighted by Gasteiger charge is -2.19. The Kier molecular flexibility index (Phi) is 14.4. The van der Waals surface area contributed by atoms with Crippen molar-refractivity contribution in [2.45, 2.75) is 0 Å². The van der Waals surface area contributed by atoms with E-state index in [1.807, 2.05) is 54.6 Å². The van der Waals surface area contributed by atoms with Crippen LogP contribution in [0.4, 0.5) is 0 Å². The zero-order valence-electron chi connectivity index (χ0n) is 21.2. The summed E-state index contributed by atoms with van der Waals surface area (Å²) >= 11 is 0. The summed E-state index contributed by atoms with van der Waals surface area (Å²) in [7, 11) is 0. The number of aromatic amines is 1. The molecule has 6 nitrogen and oxygen atoms in total. The van der Waals surface area contributed by atoms with Crippen LogP contribution in [0.15, 0.2) is 91.8 Å². The maximum atomic E-state index is 12.8. The van der Waals surface area contributed by atoms with E-state index in [-0.39, 0.29) is 30.4 Å². The van der Waals surface area contributed by atoms with E-state index in [0.29, 0.717) is 30.1 Å². The van der Waals surface area contributed by atoms with Gasteiger partial charge in [0.1, 0.15) is 24.7 Å². The van der Waals surface area contributed by atoms with Crippen LogP contribution in [0.3, 0.4) is 0 Å². The summed E-state index contributed by atoms with van der Waals surface area (Å²) in [5.41, 5.74) is 0.588. The lowest BCUT2D eigenvalue weighted by atomic mass is 10.1. The molecule has 0 bridgehead atoms. The zero-order valence-corrected chi connectivity index (χ0v) is 22.8. The fourth-order valence-electron chi connectivity index (χ4n) is 4.01. The van der Waals surface area contributed by atoms with E-state index in [0.717, 1.165) is 55.6 Å². The lowest BCUT2D eigenvalue weighted by Crippen LogP contribution is -2.28. The van der Waals surface area contributed by atoms with E-state index in [1.165, 1.54) is 0 Å². The molecule has 3 rings (SSSR count). The van der Waals surface area contributed by atoms with Crippen LogP contribution in [-0.2, 0) is 0 Å². The molecule has 0 aliphatic carbocycles. The third-order valence-electron chi connectivity index (χ3n) is 5.67. The van der Waals surface area contributed by atoms with Crippen molar-refractivity contribution in [3.05, 3.63) is 97.4 Å². The van der Waals surface area contributed by atoms with Crippen molar-refractivity contribution in [2.24, 2.45) is 0 Å². The van der Waals surface area contributed by atoms with E-state index < -0.39 is 0 Å². The van der Waals surface area contributed by atoms with Crippen molar-refractivity contribution in [3.8, 4) is 11.5 Å². The number of halogens is 2. The first-order valence-corrected chi connectivity index (χ1v) is 11.8. The van der Waals surface area contributed by atoms with Crippen LogP contribution in [0.2, 0.25) is 0 Å². The summed E-state index contributed by atoms with van der Waals surface area (Å²) < 4.78 is 11.9. The van der Waals surface area contributed by atoms with E-state index >= 15 is 0 Å². The Morgan fingerprint density at radius 3 is 1.62 bits per heavy atom. The van der Waals surface area contributed by atoms with Crippen molar-refractivity contribution in [2.75, 3.05) is 52.5 Å². The Morgan fingerprint density at radius 1 is 0.676 bits per heavy atom. The molecule has 1 heterocycles. The second-order valence-corrected chi connectivity index (χ2v) is 8.24. The Morgan fingerprint density at radius 2 is 1.14 bits per heavy atom. The molecule has 0 saturated heterocycles. The number of pyridine rings is 1. The SMILES string of the molecule is C=CCN(CC=C)CCOc1ccc2c(c1)[nH]c(=O)c1cc(OCCN(CC=C)CC=C)ccc12.Cl.Cl. The highest BCUT2D eigenvalue weighted by molar-refractivity contribution is 6.05. The van der Waals surface area contributed by atoms with Crippen LogP contribution in [0.25, 0.3) is 21.7 Å². The fraction of sp³-hybridized carbons (Fsp3) is 0.276. The number of H-pyrrole nitrogens is 1. The maximum absolute atomic E-state index is 12.8. The number of nitrogens with one attached hydrogen (secondary N) is 1. The Balaban J connectivity index is 0.00000342. The minimum atomic E-state index is -0.154. The minimum absolute atomic E-state index is 0. The molecule has 37 heavy (non-hydrogen) atoms. The van der Waals surface area contributed by atoms with Crippen LogP contribution >= 0.6 is 24.8 Å². The fourth-order valence-corrected chi connectivity index (χ4v) is 4.01. The molecule has 8 heteroatoms. The maximum Gasteiger partial charge on any atom is 0.256 e. The molecule has 0 spiro atoms. The number of fused-ring (bicyclic) bond motifs is 3. The molecule has 1 aromatic heterocycles. The predicted molar refractivity (Wildman–Crippen MR) is 161 cm³/mol. The molecule has 0 amide bonds. The molecule has 0 unspecified atom stereocenters. The van der Waals surface area contributed by atoms with Crippen LogP contribution in [0.5, 0.6) is 11.5 Å². The number of benzene rings is 2. The summed E-state index contributed by atoms with van der Waals surface area (Å²) in [6.07, 6.45) is 7.46. The predicted octanol–water partition coefficient (Wildman–Crippen LogP) is 5.63. The molecule has 0 saturated carbocycles. The van der Waals surface area contributed by atoms with Gasteiger partial charge in [-0.1, -0.05) is 24.3 Å². The number of rotatable bonds is 16. The third kappa shape index (κ3) is 9.09. The molecule has 0 fully saturated rings. The average molecular weight is 547 g/mol. The minimum Gasteiger partial charge on any atom is -0.492 e. The highest BCUT2D eigenvalue weighted by Crippen LogP contribution is 2.27. The molecule has 200 valence electrons. The zero-order chi connectivity index (χ0) is 25.0. The monoisotopic (exact) mass is 545 g/mol. The van der Waals surface area contributed by atoms with Crippen molar-refractivity contribution in [1.29, 1.82) is 0 Å². The van der Waals surface area contributed by atoms with Gasteiger partial charge in [-0.15, -0.1) is 51.1 Å². The van der Waals surface area contributed by atoms with Crippen LogP contribution in [-0.4, -0.2) is 67.3 Å². The summed E-state index contributed by atoms with van der Waals surface area (Å²) in [5.74, 6) is 1.39. The molecule has 0 aliphatic heterocycles. The number of ether oxygens (including phenoxy) is 2. The topological polar surface area (TPSA) is 57.8 Å². The standard InChI is InChI=1S/C29H35N3O3.2ClH/c1-5-13-31(14-6-2)17-19-34-23-9-11-25-26-12-10-24(22-28(26)30-29(33)27(25)21-23)35-20-18-32(15-7-3)16-8-4;;/h5-12,21-22H,1-4,13-20H2,(H,30,33);2*1H. The number of hydrogen-bond acceptors (Lipinski definition) is 5. The lowest BCUT2D eigenvalue weighted by molar-refractivity contribution is 0.236. The van der Waals surface area contributed by atoms with E-state index in [2.05, 4.69) is 41.1 Å². The average Bonchev–Trinajstić information content (AvgIpc) is 2.85. The van der Waals surface area contributed by atoms with Gasteiger partial charge in [0.25, 0.3) is 5.56 Å². The number of nitrogens with zero attached hydrogens (tertiary/aromatic N) is 2. The Labute approximate surface area is 231 Å². The second-order valence-electron chi connectivity index (χ2n) is 8.24. The van der Waals surface area contributed by atoms with Crippen LogP contribution < -0.4 is 15.0 Å². The molecular formula is C29H37Cl2N3O3. The first kappa shape index (κ1) is 32.0. The van der Waals surface area contributed by atoms with Gasteiger partial charge in [0.05, 0.1) is 10.9 Å². The third-order valence-corrected chi connectivity index (χ3v) is 5.67. The van der Waals surface area contributed by atoms with E-state index in [1.54, 1.807) is 6.07 Å². The van der Waals surface area contributed by atoms with Gasteiger partial charge in [0.2, 0.25) is 0 Å². The van der Waals surface area contributed by atoms with Crippen LogP contribution in [0, 0.1) is 0 Å².